The first-order chi connectivity index (χ1) is 12.3. The second-order valence-electron chi connectivity index (χ2n) is 9.02. The molecule has 0 aliphatic carbocycles. The van der Waals surface area contributed by atoms with Gasteiger partial charge in [-0.25, -0.2) is 9.78 Å². The van der Waals surface area contributed by atoms with Gasteiger partial charge in [-0.2, -0.15) is 0 Å². The smallest absolute Gasteiger partial charge is 0.481 e. The highest BCUT2D eigenvalue weighted by atomic mass is 16.7. The third-order valence-corrected chi connectivity index (χ3v) is 5.25. The Balaban J connectivity index is 1.96. The van der Waals surface area contributed by atoms with Crippen LogP contribution in [-0.2, 0) is 20.5 Å². The maximum atomic E-state index is 12.6. The van der Waals surface area contributed by atoms with E-state index in [1.165, 1.54) is 0 Å². The SMILES string of the molecule is COc1nc2c(cc1B1OC(C)(C)C(C)(C)O1)N(C(=O)OC(C)(C)C)CC2. The van der Waals surface area contributed by atoms with E-state index in [0.717, 1.165) is 11.4 Å². The number of rotatable bonds is 2. The van der Waals surface area contributed by atoms with Crippen LogP contribution in [-0.4, -0.2) is 48.7 Å². The van der Waals surface area contributed by atoms with Crippen molar-refractivity contribution in [3.63, 3.8) is 0 Å². The van der Waals surface area contributed by atoms with Crippen LogP contribution in [0.3, 0.4) is 0 Å². The van der Waals surface area contributed by atoms with E-state index in [1.54, 1.807) is 12.0 Å². The molecule has 27 heavy (non-hydrogen) atoms. The number of carbonyl (C=O) groups is 1. The molecule has 3 heterocycles. The number of fused-ring (bicyclic) bond motifs is 1. The predicted molar refractivity (Wildman–Crippen MR) is 104 cm³/mol. The molecule has 1 saturated heterocycles. The third-order valence-electron chi connectivity index (χ3n) is 5.25. The molecule has 1 aromatic heterocycles. The maximum Gasteiger partial charge on any atom is 0.500 e. The summed E-state index contributed by atoms with van der Waals surface area (Å²) in [4.78, 5) is 18.8. The lowest BCUT2D eigenvalue weighted by Gasteiger charge is -2.32. The normalized spacial score (nSPS) is 20.6. The molecule has 0 atom stereocenters. The van der Waals surface area contributed by atoms with Crippen LogP contribution < -0.4 is 15.1 Å². The minimum atomic E-state index is -0.621. The van der Waals surface area contributed by atoms with Crippen LogP contribution in [0.25, 0.3) is 0 Å². The van der Waals surface area contributed by atoms with Crippen LogP contribution >= 0.6 is 0 Å². The van der Waals surface area contributed by atoms with E-state index < -0.39 is 23.9 Å². The van der Waals surface area contributed by atoms with Crippen molar-refractivity contribution in [1.29, 1.82) is 0 Å². The highest BCUT2D eigenvalue weighted by Gasteiger charge is 2.53. The van der Waals surface area contributed by atoms with Gasteiger partial charge in [-0.3, -0.25) is 4.90 Å². The molecular weight excluding hydrogens is 347 g/mol. The topological polar surface area (TPSA) is 70.1 Å². The molecule has 2 aliphatic heterocycles. The van der Waals surface area contributed by atoms with Crippen molar-refractivity contribution in [2.45, 2.75) is 71.7 Å². The number of carbonyl (C=O) groups excluding carboxylic acids is 1. The molecule has 3 rings (SSSR count). The second kappa shape index (κ2) is 6.38. The molecule has 2 aliphatic rings. The van der Waals surface area contributed by atoms with Gasteiger partial charge in [0.05, 0.1) is 29.7 Å². The van der Waals surface area contributed by atoms with E-state index in [1.807, 2.05) is 54.5 Å². The lowest BCUT2D eigenvalue weighted by Crippen LogP contribution is -2.41. The van der Waals surface area contributed by atoms with Crippen LogP contribution in [0.15, 0.2) is 6.07 Å². The number of amides is 1. The standard InChI is InChI=1S/C19H29BN2O5/c1-17(2,3)25-16(23)22-10-9-13-14(22)11-12(15(21-13)24-8)20-26-18(4,5)19(6,7)27-20/h11H,9-10H2,1-8H3. The molecule has 0 N–H and O–H groups in total. The zero-order valence-corrected chi connectivity index (χ0v) is 17.5. The molecule has 148 valence electrons. The van der Waals surface area contributed by atoms with Crippen LogP contribution in [0.5, 0.6) is 5.88 Å². The minimum Gasteiger partial charge on any atom is -0.481 e. The molecule has 7 nitrogen and oxygen atoms in total. The molecule has 0 radical (unpaired) electrons. The summed E-state index contributed by atoms with van der Waals surface area (Å²) >= 11 is 0. The van der Waals surface area contributed by atoms with Gasteiger partial charge in [0, 0.05) is 18.4 Å². The molecule has 1 aromatic rings. The monoisotopic (exact) mass is 376 g/mol. The molecule has 0 spiro atoms. The number of pyridine rings is 1. The molecule has 1 fully saturated rings. The Morgan fingerprint density at radius 2 is 1.81 bits per heavy atom. The molecule has 1 amide bonds. The van der Waals surface area contributed by atoms with E-state index in [9.17, 15) is 4.79 Å². The zero-order valence-electron chi connectivity index (χ0n) is 17.5. The highest BCUT2D eigenvalue weighted by Crippen LogP contribution is 2.38. The number of nitrogens with zero attached hydrogens (tertiary/aromatic N) is 2. The van der Waals surface area contributed by atoms with Crippen molar-refractivity contribution in [2.24, 2.45) is 0 Å². The van der Waals surface area contributed by atoms with Gasteiger partial charge in [-0.1, -0.05) is 0 Å². The lowest BCUT2D eigenvalue weighted by molar-refractivity contribution is 0.00578. The molecule has 8 heteroatoms. The number of ether oxygens (including phenoxy) is 2. The average molecular weight is 376 g/mol. The summed E-state index contributed by atoms with van der Waals surface area (Å²) in [5.41, 5.74) is 0.672. The van der Waals surface area contributed by atoms with Gasteiger partial charge in [0.25, 0.3) is 0 Å². The Bertz CT molecular complexity index is 741. The number of methoxy groups -OCH3 is 1. The van der Waals surface area contributed by atoms with Crippen LogP contribution in [0.2, 0.25) is 0 Å². The van der Waals surface area contributed by atoms with E-state index in [2.05, 4.69) is 4.98 Å². The van der Waals surface area contributed by atoms with Gasteiger partial charge in [0.15, 0.2) is 0 Å². The Hall–Kier alpha value is -1.80. The maximum absolute atomic E-state index is 12.6. The first-order valence-electron chi connectivity index (χ1n) is 9.28. The Kier molecular flexibility index (Phi) is 4.71. The van der Waals surface area contributed by atoms with Crippen molar-refractivity contribution in [2.75, 3.05) is 18.6 Å². The summed E-state index contributed by atoms with van der Waals surface area (Å²) < 4.78 is 23.3. The van der Waals surface area contributed by atoms with Crippen LogP contribution in [0, 0.1) is 0 Å². The summed E-state index contributed by atoms with van der Waals surface area (Å²) in [6.45, 7) is 14.0. The van der Waals surface area contributed by atoms with E-state index in [-0.39, 0.29) is 6.09 Å². The number of hydrogen-bond donors (Lipinski definition) is 0. The molecule has 0 saturated carbocycles. The van der Waals surface area contributed by atoms with Crippen LogP contribution in [0.4, 0.5) is 10.5 Å². The number of aromatic nitrogens is 1. The van der Waals surface area contributed by atoms with Gasteiger partial charge >= 0.3 is 13.2 Å². The molecular formula is C19H29BN2O5. The fourth-order valence-corrected chi connectivity index (χ4v) is 3.10. The van der Waals surface area contributed by atoms with E-state index in [0.29, 0.717) is 24.3 Å². The average Bonchev–Trinajstić information content (AvgIpc) is 3.02. The quantitative estimate of drug-likeness (QED) is 0.740. The minimum absolute atomic E-state index is 0.381. The Morgan fingerprint density at radius 1 is 1.22 bits per heavy atom. The largest absolute Gasteiger partial charge is 0.500 e. The lowest BCUT2D eigenvalue weighted by atomic mass is 9.79. The first-order valence-corrected chi connectivity index (χ1v) is 9.28. The Labute approximate surface area is 161 Å². The number of anilines is 1. The van der Waals surface area contributed by atoms with Crippen molar-refractivity contribution in [3.05, 3.63) is 11.8 Å². The summed E-state index contributed by atoms with van der Waals surface area (Å²) in [6, 6.07) is 1.88. The fourth-order valence-electron chi connectivity index (χ4n) is 3.10. The summed E-state index contributed by atoms with van der Waals surface area (Å²) in [5.74, 6) is 0.457. The summed E-state index contributed by atoms with van der Waals surface area (Å²) in [5, 5.41) is 0. The van der Waals surface area contributed by atoms with Crippen LogP contribution in [0.1, 0.15) is 54.2 Å². The second-order valence-corrected chi connectivity index (χ2v) is 9.02. The van der Waals surface area contributed by atoms with Gasteiger partial charge in [-0.05, 0) is 54.5 Å². The van der Waals surface area contributed by atoms with E-state index in [4.69, 9.17) is 18.8 Å². The predicted octanol–water partition coefficient (Wildman–Crippen LogP) is 2.69. The van der Waals surface area contributed by atoms with Crippen molar-refractivity contribution in [1.82, 2.24) is 4.98 Å². The zero-order chi connectivity index (χ0) is 20.2. The first kappa shape index (κ1) is 20.0. The molecule has 0 bridgehead atoms. The van der Waals surface area contributed by atoms with Crippen molar-refractivity contribution < 1.29 is 23.6 Å². The van der Waals surface area contributed by atoms with E-state index >= 15 is 0 Å². The molecule has 0 aromatic carbocycles. The Morgan fingerprint density at radius 3 is 2.33 bits per heavy atom. The highest BCUT2D eigenvalue weighted by molar-refractivity contribution is 6.63. The van der Waals surface area contributed by atoms with Gasteiger partial charge < -0.3 is 18.8 Å². The molecule has 0 unspecified atom stereocenters. The van der Waals surface area contributed by atoms with Gasteiger partial charge in [0.1, 0.15) is 5.60 Å². The summed E-state index contributed by atoms with van der Waals surface area (Å²) in [7, 11) is 0.952. The van der Waals surface area contributed by atoms with Crippen molar-refractivity contribution >= 4 is 24.4 Å². The van der Waals surface area contributed by atoms with Gasteiger partial charge in [-0.15, -0.1) is 0 Å². The van der Waals surface area contributed by atoms with Gasteiger partial charge in [0.2, 0.25) is 5.88 Å². The van der Waals surface area contributed by atoms with Crippen molar-refractivity contribution in [3.8, 4) is 5.88 Å². The summed E-state index contributed by atoms with van der Waals surface area (Å²) in [6.07, 6.45) is 0.266. The number of hydrogen-bond acceptors (Lipinski definition) is 6. The fraction of sp³-hybridized carbons (Fsp3) is 0.684. The third kappa shape index (κ3) is 3.65.